The van der Waals surface area contributed by atoms with Gasteiger partial charge in [0.05, 0.1) is 39.6 Å². The van der Waals surface area contributed by atoms with Crippen LogP contribution in [0.15, 0.2) is 0 Å². The number of methoxy groups -OCH3 is 2. The Morgan fingerprint density at radius 3 is 1.39 bits per heavy atom. The summed E-state index contributed by atoms with van der Waals surface area (Å²) in [6.45, 7) is 5.77. The van der Waals surface area contributed by atoms with Gasteiger partial charge >= 0.3 is 0 Å². The molecule has 0 N–H and O–H groups in total. The molecule has 0 aromatic rings. The third-order valence-electron chi connectivity index (χ3n) is 2.31. The highest BCUT2D eigenvalue weighted by molar-refractivity contribution is 4.45. The van der Waals surface area contributed by atoms with Crippen LogP contribution in [0.25, 0.3) is 0 Å². The van der Waals surface area contributed by atoms with E-state index in [4.69, 9.17) is 23.7 Å². The fourth-order valence-corrected chi connectivity index (χ4v) is 1.29. The molecule has 1 heterocycles. The lowest BCUT2D eigenvalue weighted by atomic mass is 10.2. The Morgan fingerprint density at radius 2 is 1.11 bits per heavy atom. The van der Waals surface area contributed by atoms with Crippen molar-refractivity contribution in [2.45, 2.75) is 19.3 Å². The largest absolute Gasteiger partial charge is 0.382 e. The number of rotatable bonds is 9. The maximum absolute atomic E-state index is 5.16. The average molecular weight is 264 g/mol. The molecule has 0 amide bonds. The summed E-state index contributed by atoms with van der Waals surface area (Å²) in [4.78, 5) is 0. The van der Waals surface area contributed by atoms with Crippen molar-refractivity contribution in [3.8, 4) is 0 Å². The Kier molecular flexibility index (Phi) is 16.6. The summed E-state index contributed by atoms with van der Waals surface area (Å²) in [6.07, 6.45) is 3.93. The van der Waals surface area contributed by atoms with Crippen LogP contribution in [0.3, 0.4) is 0 Å². The van der Waals surface area contributed by atoms with Gasteiger partial charge in [-0.1, -0.05) is 0 Å². The van der Waals surface area contributed by atoms with Gasteiger partial charge < -0.3 is 23.7 Å². The van der Waals surface area contributed by atoms with Gasteiger partial charge in [-0.2, -0.15) is 0 Å². The zero-order chi connectivity index (χ0) is 13.3. The summed E-state index contributed by atoms with van der Waals surface area (Å²) >= 11 is 0. The first-order valence-corrected chi connectivity index (χ1v) is 6.63. The van der Waals surface area contributed by atoms with E-state index in [9.17, 15) is 0 Å². The second-order valence-electron chi connectivity index (χ2n) is 3.88. The highest BCUT2D eigenvalue weighted by atomic mass is 16.5. The van der Waals surface area contributed by atoms with Gasteiger partial charge in [-0.05, 0) is 19.3 Å². The van der Waals surface area contributed by atoms with Gasteiger partial charge in [0.25, 0.3) is 0 Å². The minimum absolute atomic E-state index is 0.618. The van der Waals surface area contributed by atoms with Gasteiger partial charge in [-0.25, -0.2) is 0 Å². The van der Waals surface area contributed by atoms with E-state index in [1.807, 2.05) is 0 Å². The van der Waals surface area contributed by atoms with E-state index in [1.165, 1.54) is 19.3 Å². The minimum atomic E-state index is 0.618. The normalized spacial score (nSPS) is 15.0. The van der Waals surface area contributed by atoms with Crippen LogP contribution >= 0.6 is 0 Å². The Morgan fingerprint density at radius 1 is 0.667 bits per heavy atom. The monoisotopic (exact) mass is 264 g/mol. The minimum Gasteiger partial charge on any atom is -0.382 e. The van der Waals surface area contributed by atoms with Crippen LogP contribution in [-0.4, -0.2) is 67.1 Å². The Labute approximate surface area is 111 Å². The predicted octanol–water partition coefficient (Wildman–Crippen LogP) is 1.50. The molecule has 0 unspecified atom stereocenters. The van der Waals surface area contributed by atoms with E-state index in [1.54, 1.807) is 14.2 Å². The van der Waals surface area contributed by atoms with Crippen molar-refractivity contribution in [2.75, 3.05) is 67.1 Å². The molecule has 0 atom stereocenters. The summed E-state index contributed by atoms with van der Waals surface area (Å²) in [7, 11) is 3.30. The lowest BCUT2D eigenvalue weighted by Gasteiger charge is -2.08. The van der Waals surface area contributed by atoms with Crippen LogP contribution in [-0.2, 0) is 23.7 Å². The zero-order valence-electron chi connectivity index (χ0n) is 11.8. The SMILES string of the molecule is C1CCOCC1.COCCOCCOCCOC. The van der Waals surface area contributed by atoms with Gasteiger partial charge in [0.2, 0.25) is 0 Å². The third-order valence-corrected chi connectivity index (χ3v) is 2.31. The van der Waals surface area contributed by atoms with E-state index >= 15 is 0 Å². The fourth-order valence-electron chi connectivity index (χ4n) is 1.29. The van der Waals surface area contributed by atoms with Crippen LogP contribution < -0.4 is 0 Å². The maximum Gasteiger partial charge on any atom is 0.0701 e. The molecular formula is C13H28O5. The topological polar surface area (TPSA) is 46.2 Å². The lowest BCUT2D eigenvalue weighted by Crippen LogP contribution is -2.10. The van der Waals surface area contributed by atoms with Crippen molar-refractivity contribution >= 4 is 0 Å². The molecule has 1 aliphatic heterocycles. The molecule has 18 heavy (non-hydrogen) atoms. The van der Waals surface area contributed by atoms with E-state index in [0.717, 1.165) is 13.2 Å². The van der Waals surface area contributed by atoms with Crippen molar-refractivity contribution in [1.29, 1.82) is 0 Å². The number of hydrogen-bond acceptors (Lipinski definition) is 5. The van der Waals surface area contributed by atoms with Gasteiger partial charge in [-0.3, -0.25) is 0 Å². The Balaban J connectivity index is 0.000000397. The molecule has 0 aromatic heterocycles. The Bertz CT molecular complexity index is 118. The van der Waals surface area contributed by atoms with E-state index in [0.29, 0.717) is 39.6 Å². The van der Waals surface area contributed by atoms with Gasteiger partial charge in [0, 0.05) is 27.4 Å². The summed E-state index contributed by atoms with van der Waals surface area (Å²) in [6, 6.07) is 0. The van der Waals surface area contributed by atoms with Crippen LogP contribution in [0.4, 0.5) is 0 Å². The predicted molar refractivity (Wildman–Crippen MR) is 70.1 cm³/mol. The molecule has 110 valence electrons. The molecule has 0 aromatic carbocycles. The lowest BCUT2D eigenvalue weighted by molar-refractivity contribution is 0.0106. The standard InChI is InChI=1S/C8H18O4.C5H10O/c1-9-3-5-11-7-8-12-6-4-10-2;1-2-4-6-5-3-1/h3-8H2,1-2H3;1-5H2. The van der Waals surface area contributed by atoms with Crippen molar-refractivity contribution < 1.29 is 23.7 Å². The first-order valence-electron chi connectivity index (χ1n) is 6.63. The number of hydrogen-bond donors (Lipinski definition) is 0. The van der Waals surface area contributed by atoms with Gasteiger partial charge in [-0.15, -0.1) is 0 Å². The summed E-state index contributed by atoms with van der Waals surface area (Å²) < 4.78 is 25.0. The first-order chi connectivity index (χ1) is 8.91. The molecule has 1 rings (SSSR count). The number of ether oxygens (including phenoxy) is 5. The molecule has 1 aliphatic rings. The highest BCUT2D eigenvalue weighted by Crippen LogP contribution is 2.02. The van der Waals surface area contributed by atoms with Crippen LogP contribution in [0.5, 0.6) is 0 Å². The van der Waals surface area contributed by atoms with Crippen molar-refractivity contribution in [1.82, 2.24) is 0 Å². The molecular weight excluding hydrogens is 236 g/mol. The zero-order valence-corrected chi connectivity index (χ0v) is 11.8. The third kappa shape index (κ3) is 15.8. The van der Waals surface area contributed by atoms with Gasteiger partial charge in [0.1, 0.15) is 0 Å². The Hall–Kier alpha value is -0.200. The molecule has 0 aliphatic carbocycles. The molecule has 0 saturated carbocycles. The second-order valence-corrected chi connectivity index (χ2v) is 3.88. The van der Waals surface area contributed by atoms with Crippen molar-refractivity contribution in [3.63, 3.8) is 0 Å². The first kappa shape index (κ1) is 17.8. The quantitative estimate of drug-likeness (QED) is 0.591. The molecule has 0 spiro atoms. The van der Waals surface area contributed by atoms with Crippen molar-refractivity contribution in [3.05, 3.63) is 0 Å². The summed E-state index contributed by atoms with van der Waals surface area (Å²) in [5, 5.41) is 0. The summed E-state index contributed by atoms with van der Waals surface area (Å²) in [5.41, 5.74) is 0. The highest BCUT2D eigenvalue weighted by Gasteiger charge is 1.95. The van der Waals surface area contributed by atoms with Crippen LogP contribution in [0, 0.1) is 0 Å². The molecule has 0 radical (unpaired) electrons. The molecule has 1 fully saturated rings. The van der Waals surface area contributed by atoms with Crippen molar-refractivity contribution in [2.24, 2.45) is 0 Å². The maximum atomic E-state index is 5.16. The average Bonchev–Trinajstić information content (AvgIpc) is 2.44. The molecule has 5 heteroatoms. The molecule has 5 nitrogen and oxygen atoms in total. The van der Waals surface area contributed by atoms with E-state index < -0.39 is 0 Å². The van der Waals surface area contributed by atoms with E-state index in [2.05, 4.69) is 0 Å². The molecule has 0 bridgehead atoms. The van der Waals surface area contributed by atoms with Gasteiger partial charge in [0.15, 0.2) is 0 Å². The fraction of sp³-hybridized carbons (Fsp3) is 1.00. The van der Waals surface area contributed by atoms with E-state index in [-0.39, 0.29) is 0 Å². The summed E-state index contributed by atoms with van der Waals surface area (Å²) in [5.74, 6) is 0. The molecule has 1 saturated heterocycles. The second kappa shape index (κ2) is 16.8. The van der Waals surface area contributed by atoms with Crippen LogP contribution in [0.1, 0.15) is 19.3 Å². The van der Waals surface area contributed by atoms with Crippen LogP contribution in [0.2, 0.25) is 0 Å². The smallest absolute Gasteiger partial charge is 0.0701 e.